The molecule has 2 heterocycles. The number of nitrogens with zero attached hydrogens (tertiary/aromatic N) is 1. The molecule has 0 amide bonds. The van der Waals surface area contributed by atoms with Gasteiger partial charge in [0.2, 0.25) is 0 Å². The molecule has 4 heteroatoms. The first-order valence-electron chi connectivity index (χ1n) is 5.93. The first-order valence-corrected chi connectivity index (χ1v) is 5.93. The van der Waals surface area contributed by atoms with Crippen molar-refractivity contribution in [2.75, 3.05) is 0 Å². The molecule has 1 aliphatic heterocycles. The van der Waals surface area contributed by atoms with E-state index >= 15 is 0 Å². The van der Waals surface area contributed by atoms with Crippen LogP contribution in [-0.4, -0.2) is 21.7 Å². The predicted octanol–water partition coefficient (Wildman–Crippen LogP) is 1.77. The molecule has 0 atom stereocenters. The van der Waals surface area contributed by atoms with Crippen LogP contribution in [0.2, 0.25) is 0 Å². The number of fused-ring (bicyclic) bond motifs is 2. The van der Waals surface area contributed by atoms with Crippen LogP contribution >= 0.6 is 0 Å². The van der Waals surface area contributed by atoms with E-state index in [1.165, 1.54) is 0 Å². The van der Waals surface area contributed by atoms with Gasteiger partial charge in [-0.2, -0.15) is 0 Å². The topological polar surface area (TPSA) is 59.4 Å². The summed E-state index contributed by atoms with van der Waals surface area (Å²) < 4.78 is 5.56. The van der Waals surface area contributed by atoms with E-state index in [1.54, 1.807) is 18.5 Å². The third-order valence-corrected chi connectivity index (χ3v) is 3.95. The Hall–Kier alpha value is -1.42. The Kier molecular flexibility index (Phi) is 2.08. The SMILES string of the molecule is CC1(O)CCC2(CC1)OC(=O)c1ccncc12. The van der Waals surface area contributed by atoms with Crippen LogP contribution in [0.4, 0.5) is 0 Å². The van der Waals surface area contributed by atoms with Gasteiger partial charge in [0.15, 0.2) is 0 Å². The molecule has 1 N–H and O–H groups in total. The molecule has 0 aromatic carbocycles. The Balaban J connectivity index is 1.99. The van der Waals surface area contributed by atoms with Crippen LogP contribution in [0.1, 0.15) is 48.5 Å². The molecule has 1 aromatic heterocycles. The maximum Gasteiger partial charge on any atom is 0.339 e. The third kappa shape index (κ3) is 1.55. The lowest BCUT2D eigenvalue weighted by molar-refractivity contribution is -0.0798. The van der Waals surface area contributed by atoms with Crippen molar-refractivity contribution in [3.63, 3.8) is 0 Å². The van der Waals surface area contributed by atoms with Crippen molar-refractivity contribution in [1.82, 2.24) is 4.98 Å². The normalized spacial score (nSPS) is 35.8. The summed E-state index contributed by atoms with van der Waals surface area (Å²) in [4.78, 5) is 15.9. The van der Waals surface area contributed by atoms with E-state index in [0.29, 0.717) is 31.2 Å². The molecule has 0 bridgehead atoms. The quantitative estimate of drug-likeness (QED) is 0.694. The van der Waals surface area contributed by atoms with Gasteiger partial charge in [-0.05, 0) is 38.7 Å². The lowest BCUT2D eigenvalue weighted by Crippen LogP contribution is -2.39. The molecule has 4 nitrogen and oxygen atoms in total. The summed E-state index contributed by atoms with van der Waals surface area (Å²) in [6, 6.07) is 1.71. The minimum Gasteiger partial charge on any atom is -0.450 e. The average Bonchev–Trinajstić information content (AvgIpc) is 2.59. The zero-order chi connectivity index (χ0) is 12.1. The fraction of sp³-hybridized carbons (Fsp3) is 0.538. The van der Waals surface area contributed by atoms with Gasteiger partial charge in [0.1, 0.15) is 5.60 Å². The number of carbonyl (C=O) groups excluding carboxylic acids is 1. The van der Waals surface area contributed by atoms with Crippen molar-refractivity contribution in [3.05, 3.63) is 29.6 Å². The molecule has 1 saturated carbocycles. The molecular formula is C13H15NO3. The van der Waals surface area contributed by atoms with Gasteiger partial charge in [0.05, 0.1) is 11.2 Å². The number of hydrogen-bond acceptors (Lipinski definition) is 4. The highest BCUT2D eigenvalue weighted by molar-refractivity contribution is 5.94. The summed E-state index contributed by atoms with van der Waals surface area (Å²) in [5, 5.41) is 9.98. The summed E-state index contributed by atoms with van der Waals surface area (Å²) in [6.45, 7) is 1.83. The van der Waals surface area contributed by atoms with E-state index < -0.39 is 11.2 Å². The predicted molar refractivity (Wildman–Crippen MR) is 60.4 cm³/mol. The zero-order valence-corrected chi connectivity index (χ0v) is 9.77. The van der Waals surface area contributed by atoms with E-state index in [9.17, 15) is 9.90 Å². The Morgan fingerprint density at radius 1 is 1.35 bits per heavy atom. The lowest BCUT2D eigenvalue weighted by Gasteiger charge is -2.39. The first-order chi connectivity index (χ1) is 8.03. The highest BCUT2D eigenvalue weighted by Gasteiger charge is 2.49. The minimum absolute atomic E-state index is 0.260. The molecule has 3 rings (SSSR count). The van der Waals surface area contributed by atoms with E-state index in [-0.39, 0.29) is 5.97 Å². The second kappa shape index (κ2) is 3.29. The third-order valence-electron chi connectivity index (χ3n) is 3.95. The molecule has 0 unspecified atom stereocenters. The highest BCUT2D eigenvalue weighted by atomic mass is 16.6. The van der Waals surface area contributed by atoms with Crippen molar-refractivity contribution in [2.45, 2.75) is 43.8 Å². The molecule has 1 aliphatic carbocycles. The lowest BCUT2D eigenvalue weighted by atomic mass is 9.74. The Labute approximate surface area is 99.6 Å². The summed E-state index contributed by atoms with van der Waals surface area (Å²) >= 11 is 0. The summed E-state index contributed by atoms with van der Waals surface area (Å²) in [5.41, 5.74) is 0.341. The number of esters is 1. The smallest absolute Gasteiger partial charge is 0.339 e. The fourth-order valence-electron chi connectivity index (χ4n) is 2.79. The largest absolute Gasteiger partial charge is 0.450 e. The van der Waals surface area contributed by atoms with Gasteiger partial charge in [-0.1, -0.05) is 0 Å². The van der Waals surface area contributed by atoms with Crippen LogP contribution in [0.5, 0.6) is 0 Å². The van der Waals surface area contributed by atoms with Gasteiger partial charge >= 0.3 is 5.97 Å². The summed E-state index contributed by atoms with van der Waals surface area (Å²) in [5.74, 6) is -0.260. The van der Waals surface area contributed by atoms with Gasteiger partial charge in [-0.3, -0.25) is 4.98 Å². The number of aromatic nitrogens is 1. The molecule has 0 saturated heterocycles. The van der Waals surface area contributed by atoms with Crippen LogP contribution in [0.25, 0.3) is 0 Å². The van der Waals surface area contributed by atoms with Gasteiger partial charge in [0.25, 0.3) is 0 Å². The molecule has 2 aliphatic rings. The Bertz CT molecular complexity index is 471. The van der Waals surface area contributed by atoms with Crippen molar-refractivity contribution >= 4 is 5.97 Å². The van der Waals surface area contributed by atoms with Crippen molar-refractivity contribution < 1.29 is 14.6 Å². The van der Waals surface area contributed by atoms with Crippen LogP contribution in [0.3, 0.4) is 0 Å². The standard InChI is InChI=1S/C13H15NO3/c1-12(16)3-5-13(6-4-12)10-8-14-7-2-9(10)11(15)17-13/h2,7-8,16H,3-6H2,1H3. The summed E-state index contributed by atoms with van der Waals surface area (Å²) in [6.07, 6.45) is 5.97. The average molecular weight is 233 g/mol. The number of aliphatic hydroxyl groups is 1. The van der Waals surface area contributed by atoms with Crippen LogP contribution in [0.15, 0.2) is 18.5 Å². The second-order valence-corrected chi connectivity index (χ2v) is 5.30. The molecular weight excluding hydrogens is 218 g/mol. The molecule has 17 heavy (non-hydrogen) atoms. The number of ether oxygens (including phenoxy) is 1. The zero-order valence-electron chi connectivity index (χ0n) is 9.77. The van der Waals surface area contributed by atoms with E-state index in [0.717, 1.165) is 5.56 Å². The van der Waals surface area contributed by atoms with Gasteiger partial charge < -0.3 is 9.84 Å². The van der Waals surface area contributed by atoms with Gasteiger partial charge in [-0.25, -0.2) is 4.79 Å². The second-order valence-electron chi connectivity index (χ2n) is 5.30. The molecule has 1 spiro atoms. The van der Waals surface area contributed by atoms with Crippen LogP contribution in [0, 0.1) is 0 Å². The Morgan fingerprint density at radius 3 is 2.76 bits per heavy atom. The van der Waals surface area contributed by atoms with Crippen molar-refractivity contribution in [2.24, 2.45) is 0 Å². The van der Waals surface area contributed by atoms with Crippen LogP contribution < -0.4 is 0 Å². The summed E-state index contributed by atoms with van der Waals surface area (Å²) in [7, 11) is 0. The van der Waals surface area contributed by atoms with Crippen molar-refractivity contribution in [3.8, 4) is 0 Å². The van der Waals surface area contributed by atoms with Crippen molar-refractivity contribution in [1.29, 1.82) is 0 Å². The van der Waals surface area contributed by atoms with E-state index in [1.807, 2.05) is 6.92 Å². The monoisotopic (exact) mass is 233 g/mol. The molecule has 0 radical (unpaired) electrons. The number of pyridine rings is 1. The van der Waals surface area contributed by atoms with E-state index in [4.69, 9.17) is 4.74 Å². The van der Waals surface area contributed by atoms with Gasteiger partial charge in [0, 0.05) is 18.0 Å². The maximum absolute atomic E-state index is 11.8. The van der Waals surface area contributed by atoms with Crippen LogP contribution in [-0.2, 0) is 10.3 Å². The minimum atomic E-state index is -0.636. The molecule has 1 aromatic rings. The number of hydrogen-bond donors (Lipinski definition) is 1. The fourth-order valence-corrected chi connectivity index (χ4v) is 2.79. The van der Waals surface area contributed by atoms with Gasteiger partial charge in [-0.15, -0.1) is 0 Å². The molecule has 90 valence electrons. The van der Waals surface area contributed by atoms with E-state index in [2.05, 4.69) is 4.98 Å². The first kappa shape index (κ1) is 10.7. The molecule has 1 fully saturated rings. The number of carbonyl (C=O) groups is 1. The number of rotatable bonds is 0. The Morgan fingerprint density at radius 2 is 2.06 bits per heavy atom. The maximum atomic E-state index is 11.8. The highest BCUT2D eigenvalue weighted by Crippen LogP contribution is 2.48.